The van der Waals surface area contributed by atoms with Crippen molar-refractivity contribution in [2.45, 2.75) is 52.4 Å². The van der Waals surface area contributed by atoms with Crippen LogP contribution in [0, 0.1) is 6.92 Å². The van der Waals surface area contributed by atoms with E-state index in [1.165, 1.54) is 47.8 Å². The molecule has 0 saturated heterocycles. The molecule has 0 amide bonds. The van der Waals surface area contributed by atoms with E-state index in [4.69, 9.17) is 4.42 Å². The zero-order valence-corrected chi connectivity index (χ0v) is 14.7. The fourth-order valence-corrected chi connectivity index (χ4v) is 4.09. The summed E-state index contributed by atoms with van der Waals surface area (Å²) in [6.45, 7) is 4.49. The highest BCUT2D eigenvalue weighted by Gasteiger charge is 2.26. The van der Waals surface area contributed by atoms with Gasteiger partial charge in [0.1, 0.15) is 0 Å². The summed E-state index contributed by atoms with van der Waals surface area (Å²) in [7, 11) is 0. The molecular formula is C23H25O+. The van der Waals surface area contributed by atoms with E-state index in [1.807, 2.05) is 0 Å². The van der Waals surface area contributed by atoms with Crippen LogP contribution in [-0.2, 0) is 19.3 Å². The molecule has 0 saturated carbocycles. The molecule has 0 spiro atoms. The fraction of sp³-hybridized carbons (Fsp3) is 0.348. The first-order valence-electron chi connectivity index (χ1n) is 9.24. The molecule has 4 rings (SSSR count). The Kier molecular flexibility index (Phi) is 4.10. The van der Waals surface area contributed by atoms with Crippen LogP contribution in [0.2, 0.25) is 0 Å². The van der Waals surface area contributed by atoms with E-state index in [0.29, 0.717) is 0 Å². The molecule has 1 heteroatoms. The third-order valence-corrected chi connectivity index (χ3v) is 5.21. The molecule has 122 valence electrons. The van der Waals surface area contributed by atoms with E-state index < -0.39 is 0 Å². The van der Waals surface area contributed by atoms with E-state index in [1.54, 1.807) is 5.56 Å². The lowest BCUT2D eigenvalue weighted by molar-refractivity contribution is 0.609. The van der Waals surface area contributed by atoms with Gasteiger partial charge in [-0.25, -0.2) is 4.42 Å². The van der Waals surface area contributed by atoms with Gasteiger partial charge in [0, 0.05) is 6.07 Å². The van der Waals surface area contributed by atoms with E-state index in [2.05, 4.69) is 56.3 Å². The van der Waals surface area contributed by atoms with Gasteiger partial charge < -0.3 is 0 Å². The first kappa shape index (κ1) is 15.4. The van der Waals surface area contributed by atoms with Crippen molar-refractivity contribution in [2.75, 3.05) is 0 Å². The summed E-state index contributed by atoms with van der Waals surface area (Å²) in [5.41, 5.74) is 8.11. The predicted octanol–water partition coefficient (Wildman–Crippen LogP) is 6.52. The molecule has 1 nitrogen and oxygen atoms in total. The summed E-state index contributed by atoms with van der Waals surface area (Å²) in [5, 5.41) is 1.38. The highest BCUT2D eigenvalue weighted by molar-refractivity contribution is 5.89. The number of benzene rings is 2. The topological polar surface area (TPSA) is 11.3 Å². The summed E-state index contributed by atoms with van der Waals surface area (Å²) < 4.78 is 6.48. The number of hydrogen-bond donors (Lipinski definition) is 0. The highest BCUT2D eigenvalue weighted by Crippen LogP contribution is 2.37. The van der Waals surface area contributed by atoms with Crippen molar-refractivity contribution < 1.29 is 4.42 Å². The number of aryl methyl sites for hydroxylation is 4. The van der Waals surface area contributed by atoms with E-state index in [-0.39, 0.29) is 0 Å². The SMILES string of the molecule is CCCc1cc2c(c3c(C)cc(-c4ccccc4)[o+]c13)CCCC2. The largest absolute Gasteiger partial charge is 0.364 e. The Hall–Kier alpha value is -2.15. The Balaban J connectivity index is 2.01. The van der Waals surface area contributed by atoms with Gasteiger partial charge in [-0.05, 0) is 73.9 Å². The molecule has 2 aromatic carbocycles. The molecule has 0 unspecified atom stereocenters. The average Bonchev–Trinajstić information content (AvgIpc) is 2.62. The maximum absolute atomic E-state index is 6.48. The molecule has 1 aromatic heterocycles. The second kappa shape index (κ2) is 6.39. The van der Waals surface area contributed by atoms with Crippen LogP contribution in [0.4, 0.5) is 0 Å². The summed E-state index contributed by atoms with van der Waals surface area (Å²) in [4.78, 5) is 0. The molecule has 0 bridgehead atoms. The number of rotatable bonds is 3. The third-order valence-electron chi connectivity index (χ3n) is 5.21. The van der Waals surface area contributed by atoms with Gasteiger partial charge in [-0.15, -0.1) is 0 Å². The zero-order valence-electron chi connectivity index (χ0n) is 14.7. The first-order chi connectivity index (χ1) is 11.8. The predicted molar refractivity (Wildman–Crippen MR) is 101 cm³/mol. The number of hydrogen-bond acceptors (Lipinski definition) is 0. The van der Waals surface area contributed by atoms with Crippen molar-refractivity contribution in [2.24, 2.45) is 0 Å². The Morgan fingerprint density at radius 1 is 1.00 bits per heavy atom. The molecule has 0 radical (unpaired) electrons. The normalized spacial score (nSPS) is 13.9. The van der Waals surface area contributed by atoms with Crippen molar-refractivity contribution in [3.63, 3.8) is 0 Å². The molecule has 0 fully saturated rings. The van der Waals surface area contributed by atoms with Gasteiger partial charge in [-0.3, -0.25) is 0 Å². The minimum absolute atomic E-state index is 0.980. The Morgan fingerprint density at radius 3 is 2.58 bits per heavy atom. The summed E-state index contributed by atoms with van der Waals surface area (Å²) in [5.74, 6) is 0.980. The van der Waals surface area contributed by atoms with Crippen LogP contribution < -0.4 is 0 Å². The maximum Gasteiger partial charge on any atom is 0.364 e. The van der Waals surface area contributed by atoms with Crippen LogP contribution in [0.5, 0.6) is 0 Å². The third kappa shape index (κ3) is 2.62. The molecule has 24 heavy (non-hydrogen) atoms. The number of fused-ring (bicyclic) bond motifs is 3. The molecule has 1 aliphatic carbocycles. The second-order valence-electron chi connectivity index (χ2n) is 6.99. The Bertz CT molecular complexity index is 878. The van der Waals surface area contributed by atoms with Gasteiger partial charge in [0.2, 0.25) is 0 Å². The Morgan fingerprint density at radius 2 is 1.79 bits per heavy atom. The van der Waals surface area contributed by atoms with Crippen molar-refractivity contribution in [1.82, 2.24) is 0 Å². The lowest BCUT2D eigenvalue weighted by atomic mass is 9.85. The summed E-state index contributed by atoms with van der Waals surface area (Å²) in [6.07, 6.45) is 7.28. The van der Waals surface area contributed by atoms with Crippen molar-refractivity contribution in [3.05, 3.63) is 64.7 Å². The van der Waals surface area contributed by atoms with Crippen LogP contribution in [0.25, 0.3) is 22.3 Å². The Labute approximate surface area is 144 Å². The highest BCUT2D eigenvalue weighted by atomic mass is 16.3. The molecule has 0 N–H and O–H groups in total. The minimum Gasteiger partial charge on any atom is -0.207 e. The molecule has 1 heterocycles. The molecule has 3 aromatic rings. The lowest BCUT2D eigenvalue weighted by Gasteiger charge is -2.18. The van der Waals surface area contributed by atoms with E-state index in [0.717, 1.165) is 29.7 Å². The van der Waals surface area contributed by atoms with Crippen molar-refractivity contribution in [3.8, 4) is 11.3 Å². The summed E-state index contributed by atoms with van der Waals surface area (Å²) in [6, 6.07) is 15.1. The van der Waals surface area contributed by atoms with Gasteiger partial charge in [0.25, 0.3) is 0 Å². The minimum atomic E-state index is 0.980. The van der Waals surface area contributed by atoms with Crippen LogP contribution in [0.15, 0.2) is 46.9 Å². The fourth-order valence-electron chi connectivity index (χ4n) is 4.09. The van der Waals surface area contributed by atoms with E-state index in [9.17, 15) is 0 Å². The van der Waals surface area contributed by atoms with Gasteiger partial charge in [-0.1, -0.05) is 31.5 Å². The van der Waals surface area contributed by atoms with Crippen LogP contribution in [-0.4, -0.2) is 0 Å². The van der Waals surface area contributed by atoms with Gasteiger partial charge in [-0.2, -0.15) is 0 Å². The first-order valence-corrected chi connectivity index (χ1v) is 9.24. The van der Waals surface area contributed by atoms with E-state index >= 15 is 0 Å². The zero-order chi connectivity index (χ0) is 16.5. The van der Waals surface area contributed by atoms with Crippen LogP contribution in [0.3, 0.4) is 0 Å². The lowest BCUT2D eigenvalue weighted by Crippen LogP contribution is -2.06. The van der Waals surface area contributed by atoms with Crippen LogP contribution in [0.1, 0.15) is 48.4 Å². The van der Waals surface area contributed by atoms with Gasteiger partial charge in [0.15, 0.2) is 0 Å². The molecular weight excluding hydrogens is 292 g/mol. The summed E-state index contributed by atoms with van der Waals surface area (Å²) >= 11 is 0. The molecule has 1 aliphatic rings. The standard InChI is InChI=1S/C23H25O/c1-3-9-19-15-18-12-7-8-13-20(18)22-16(2)14-21(24-23(19)22)17-10-5-4-6-11-17/h4-6,10-11,14-15H,3,7-9,12-13H2,1-2H3/q+1. The van der Waals surface area contributed by atoms with Crippen LogP contribution >= 0.6 is 0 Å². The van der Waals surface area contributed by atoms with Gasteiger partial charge in [0.05, 0.1) is 16.5 Å². The average molecular weight is 317 g/mol. The van der Waals surface area contributed by atoms with Crippen molar-refractivity contribution >= 4 is 11.0 Å². The monoisotopic (exact) mass is 317 g/mol. The second-order valence-corrected chi connectivity index (χ2v) is 6.99. The quantitative estimate of drug-likeness (QED) is 0.500. The molecule has 0 atom stereocenters. The van der Waals surface area contributed by atoms with Crippen molar-refractivity contribution in [1.29, 1.82) is 0 Å². The maximum atomic E-state index is 6.48. The smallest absolute Gasteiger partial charge is 0.207 e. The van der Waals surface area contributed by atoms with Gasteiger partial charge >= 0.3 is 11.3 Å². The molecule has 0 aliphatic heterocycles.